The molecule has 1 saturated carbocycles. The number of aliphatic imine (C=N–C) groups is 1. The molecule has 3 aliphatic rings. The minimum absolute atomic E-state index is 0.497. The maximum absolute atomic E-state index is 6.30. The quantitative estimate of drug-likeness (QED) is 0.580. The molecule has 3 rings (SSSR count). The Kier molecular flexibility index (Phi) is 3.96. The van der Waals surface area contributed by atoms with Crippen molar-refractivity contribution in [2.45, 2.75) is 70.0 Å². The van der Waals surface area contributed by atoms with E-state index in [9.17, 15) is 0 Å². The van der Waals surface area contributed by atoms with Gasteiger partial charge in [-0.15, -0.1) is 0 Å². The molecule has 0 aromatic rings. The molecule has 2 atom stereocenters. The van der Waals surface area contributed by atoms with Crippen LogP contribution in [0.2, 0.25) is 0 Å². The first-order valence-corrected chi connectivity index (χ1v) is 8.08. The van der Waals surface area contributed by atoms with Crippen LogP contribution in [0.3, 0.4) is 0 Å². The van der Waals surface area contributed by atoms with Gasteiger partial charge in [0.2, 0.25) is 0 Å². The predicted octanol–water partition coefficient (Wildman–Crippen LogP) is 1.80. The lowest BCUT2D eigenvalue weighted by molar-refractivity contribution is 0.0495. The Bertz CT molecular complexity index is 335. The molecular formula is C15H28N4. The summed E-state index contributed by atoms with van der Waals surface area (Å²) in [4.78, 5) is 9.82. The van der Waals surface area contributed by atoms with Gasteiger partial charge in [-0.2, -0.15) is 0 Å². The number of guanidine groups is 1. The largest absolute Gasteiger partial charge is 0.370 e. The van der Waals surface area contributed by atoms with Crippen molar-refractivity contribution < 1.29 is 0 Å². The molecule has 2 N–H and O–H groups in total. The van der Waals surface area contributed by atoms with E-state index in [0.717, 1.165) is 19.0 Å². The van der Waals surface area contributed by atoms with E-state index < -0.39 is 0 Å². The maximum Gasteiger partial charge on any atom is 0.191 e. The van der Waals surface area contributed by atoms with Gasteiger partial charge in [-0.05, 0) is 39.2 Å². The molecule has 4 heteroatoms. The van der Waals surface area contributed by atoms with Crippen molar-refractivity contribution in [1.82, 2.24) is 9.80 Å². The summed E-state index contributed by atoms with van der Waals surface area (Å²) < 4.78 is 0. The van der Waals surface area contributed by atoms with Crippen LogP contribution < -0.4 is 5.73 Å². The molecule has 0 bridgehead atoms. The van der Waals surface area contributed by atoms with Gasteiger partial charge in [-0.1, -0.05) is 19.3 Å². The van der Waals surface area contributed by atoms with Gasteiger partial charge in [0.05, 0.1) is 6.04 Å². The van der Waals surface area contributed by atoms with Gasteiger partial charge in [0.1, 0.15) is 0 Å². The zero-order valence-corrected chi connectivity index (χ0v) is 12.2. The number of nitrogens with zero attached hydrogens (tertiary/aromatic N) is 3. The molecule has 2 unspecified atom stereocenters. The molecule has 2 aliphatic heterocycles. The third-order valence-electron chi connectivity index (χ3n) is 5.12. The van der Waals surface area contributed by atoms with E-state index >= 15 is 0 Å². The number of nitrogens with two attached hydrogens (primary N) is 1. The fourth-order valence-corrected chi connectivity index (χ4v) is 3.97. The number of hydrogen-bond donors (Lipinski definition) is 1. The van der Waals surface area contributed by atoms with Crippen LogP contribution in [-0.4, -0.2) is 53.5 Å². The Labute approximate surface area is 117 Å². The molecule has 19 heavy (non-hydrogen) atoms. The van der Waals surface area contributed by atoms with Crippen molar-refractivity contribution in [3.05, 3.63) is 0 Å². The smallest absolute Gasteiger partial charge is 0.191 e. The highest BCUT2D eigenvalue weighted by Gasteiger charge is 2.34. The number of piperazine rings is 1. The average molecular weight is 264 g/mol. The Morgan fingerprint density at radius 1 is 1.05 bits per heavy atom. The van der Waals surface area contributed by atoms with E-state index in [0.29, 0.717) is 18.1 Å². The second kappa shape index (κ2) is 5.70. The molecule has 2 heterocycles. The highest BCUT2D eigenvalue weighted by molar-refractivity contribution is 5.78. The number of piperidine rings is 1. The highest BCUT2D eigenvalue weighted by atomic mass is 15.4. The Morgan fingerprint density at radius 3 is 2.58 bits per heavy atom. The van der Waals surface area contributed by atoms with Crippen molar-refractivity contribution in [1.29, 1.82) is 0 Å². The van der Waals surface area contributed by atoms with E-state index in [1.165, 1.54) is 51.5 Å². The molecule has 0 aromatic heterocycles. The summed E-state index contributed by atoms with van der Waals surface area (Å²) in [6.45, 7) is 5.82. The second-order valence-corrected chi connectivity index (χ2v) is 6.57. The second-order valence-electron chi connectivity index (χ2n) is 6.57. The topological polar surface area (TPSA) is 44.9 Å². The normalized spacial score (nSPS) is 34.6. The molecule has 0 spiro atoms. The molecule has 1 aliphatic carbocycles. The lowest BCUT2D eigenvalue weighted by atomic mass is 9.97. The summed E-state index contributed by atoms with van der Waals surface area (Å²) in [6.07, 6.45) is 9.20. The van der Waals surface area contributed by atoms with Gasteiger partial charge in [0.25, 0.3) is 0 Å². The lowest BCUT2D eigenvalue weighted by Gasteiger charge is -2.48. The van der Waals surface area contributed by atoms with E-state index in [1.54, 1.807) is 0 Å². The fourth-order valence-electron chi connectivity index (χ4n) is 3.97. The summed E-state index contributed by atoms with van der Waals surface area (Å²) in [5.41, 5.74) is 6.30. The van der Waals surface area contributed by atoms with E-state index in [4.69, 9.17) is 10.7 Å². The lowest BCUT2D eigenvalue weighted by Crippen LogP contribution is -2.61. The monoisotopic (exact) mass is 264 g/mol. The van der Waals surface area contributed by atoms with Gasteiger partial charge < -0.3 is 10.6 Å². The van der Waals surface area contributed by atoms with E-state index in [2.05, 4.69) is 16.7 Å². The summed E-state index contributed by atoms with van der Waals surface area (Å²) in [7, 11) is 0. The van der Waals surface area contributed by atoms with Crippen molar-refractivity contribution in [2.24, 2.45) is 10.7 Å². The van der Waals surface area contributed by atoms with Crippen LogP contribution >= 0.6 is 0 Å². The molecule has 2 saturated heterocycles. The van der Waals surface area contributed by atoms with E-state index in [-0.39, 0.29) is 0 Å². The first kappa shape index (κ1) is 13.2. The van der Waals surface area contributed by atoms with Crippen LogP contribution in [0, 0.1) is 0 Å². The summed E-state index contributed by atoms with van der Waals surface area (Å²) >= 11 is 0. The third kappa shape index (κ3) is 2.88. The molecule has 0 radical (unpaired) electrons. The Hall–Kier alpha value is -0.770. The number of fused-ring (bicyclic) bond motifs is 1. The molecule has 3 fully saturated rings. The summed E-state index contributed by atoms with van der Waals surface area (Å²) in [5.74, 6) is 0.810. The SMILES string of the molecule is CC1CN2CCCCC2CN1C(N)=NC1CCCC1. The van der Waals surface area contributed by atoms with Crippen molar-refractivity contribution in [2.75, 3.05) is 19.6 Å². The van der Waals surface area contributed by atoms with Gasteiger partial charge >= 0.3 is 0 Å². The van der Waals surface area contributed by atoms with Crippen LogP contribution in [-0.2, 0) is 0 Å². The Balaban J connectivity index is 1.65. The minimum Gasteiger partial charge on any atom is -0.370 e. The van der Waals surface area contributed by atoms with Crippen LogP contribution in [0.1, 0.15) is 51.9 Å². The van der Waals surface area contributed by atoms with Crippen LogP contribution in [0.5, 0.6) is 0 Å². The van der Waals surface area contributed by atoms with Crippen molar-refractivity contribution in [3.8, 4) is 0 Å². The predicted molar refractivity (Wildman–Crippen MR) is 79.3 cm³/mol. The molecule has 0 aromatic carbocycles. The summed E-state index contributed by atoms with van der Waals surface area (Å²) in [6, 6.07) is 1.72. The van der Waals surface area contributed by atoms with Crippen LogP contribution in [0.15, 0.2) is 4.99 Å². The zero-order chi connectivity index (χ0) is 13.2. The average Bonchev–Trinajstić information content (AvgIpc) is 2.90. The van der Waals surface area contributed by atoms with Crippen LogP contribution in [0.25, 0.3) is 0 Å². The maximum atomic E-state index is 6.30. The van der Waals surface area contributed by atoms with Crippen molar-refractivity contribution in [3.63, 3.8) is 0 Å². The zero-order valence-electron chi connectivity index (χ0n) is 12.2. The number of hydrogen-bond acceptors (Lipinski definition) is 2. The van der Waals surface area contributed by atoms with Gasteiger partial charge in [-0.25, -0.2) is 4.99 Å². The molecule has 4 nitrogen and oxygen atoms in total. The summed E-state index contributed by atoms with van der Waals surface area (Å²) in [5, 5.41) is 0. The minimum atomic E-state index is 0.497. The first-order valence-electron chi connectivity index (χ1n) is 8.08. The Morgan fingerprint density at radius 2 is 1.79 bits per heavy atom. The third-order valence-corrected chi connectivity index (χ3v) is 5.12. The van der Waals surface area contributed by atoms with Gasteiger partial charge in [-0.3, -0.25) is 4.90 Å². The van der Waals surface area contributed by atoms with Gasteiger partial charge in [0, 0.05) is 25.2 Å². The van der Waals surface area contributed by atoms with Crippen LogP contribution in [0.4, 0.5) is 0 Å². The van der Waals surface area contributed by atoms with Crippen molar-refractivity contribution >= 4 is 5.96 Å². The fraction of sp³-hybridized carbons (Fsp3) is 0.933. The highest BCUT2D eigenvalue weighted by Crippen LogP contribution is 2.25. The number of rotatable bonds is 1. The standard InChI is InChI=1S/C15H28N4/c1-12-10-18-9-5-4-8-14(18)11-19(12)15(16)17-13-6-2-3-7-13/h12-14H,2-11H2,1H3,(H2,16,17). The molecule has 108 valence electrons. The van der Waals surface area contributed by atoms with E-state index in [1.807, 2.05) is 0 Å². The first-order chi connectivity index (χ1) is 9.24. The van der Waals surface area contributed by atoms with Gasteiger partial charge in [0.15, 0.2) is 5.96 Å². The molecule has 0 amide bonds. The molecular weight excluding hydrogens is 236 g/mol.